The van der Waals surface area contributed by atoms with Crippen LogP contribution in [0.15, 0.2) is 36.4 Å². The number of methoxy groups -OCH3 is 1. The van der Waals surface area contributed by atoms with Crippen molar-refractivity contribution in [2.45, 2.75) is 12.3 Å². The van der Waals surface area contributed by atoms with Gasteiger partial charge >= 0.3 is 0 Å². The molecule has 2 atom stereocenters. The van der Waals surface area contributed by atoms with Gasteiger partial charge in [-0.3, -0.25) is 0 Å². The lowest BCUT2D eigenvalue weighted by molar-refractivity contribution is 0.0376. The highest BCUT2D eigenvalue weighted by molar-refractivity contribution is 5.91. The number of alkyl halides is 1. The molecule has 0 amide bonds. The van der Waals surface area contributed by atoms with E-state index >= 15 is 0 Å². The predicted molar refractivity (Wildman–Crippen MR) is 57.5 cm³/mol. The summed E-state index contributed by atoms with van der Waals surface area (Å²) >= 11 is 0. The first-order chi connectivity index (χ1) is 7.33. The summed E-state index contributed by atoms with van der Waals surface area (Å²) in [7, 11) is 1.56. The highest BCUT2D eigenvalue weighted by atomic mass is 19.1. The first-order valence-electron chi connectivity index (χ1n) is 5.01. The normalized spacial score (nSPS) is 23.6. The number of benzene rings is 2. The van der Waals surface area contributed by atoms with Crippen molar-refractivity contribution in [2.75, 3.05) is 7.11 Å². The fourth-order valence-corrected chi connectivity index (χ4v) is 2.43. The zero-order valence-corrected chi connectivity index (χ0v) is 8.41. The molecule has 0 heterocycles. The van der Waals surface area contributed by atoms with E-state index in [1.807, 2.05) is 36.4 Å². The van der Waals surface area contributed by atoms with Gasteiger partial charge in [0.15, 0.2) is 6.17 Å². The van der Waals surface area contributed by atoms with Gasteiger partial charge in [0, 0.05) is 7.11 Å². The summed E-state index contributed by atoms with van der Waals surface area (Å²) in [6.45, 7) is 0. The Hall–Kier alpha value is -1.41. The van der Waals surface area contributed by atoms with E-state index in [-0.39, 0.29) is 0 Å². The van der Waals surface area contributed by atoms with Gasteiger partial charge in [0.1, 0.15) is 6.10 Å². The summed E-state index contributed by atoms with van der Waals surface area (Å²) in [6, 6.07) is 11.6. The third kappa shape index (κ3) is 1.05. The van der Waals surface area contributed by atoms with Gasteiger partial charge in [-0.15, -0.1) is 0 Å². The van der Waals surface area contributed by atoms with Crippen molar-refractivity contribution in [1.82, 2.24) is 0 Å². The largest absolute Gasteiger partial charge is 0.373 e. The van der Waals surface area contributed by atoms with Crippen molar-refractivity contribution >= 4 is 10.8 Å². The minimum absolute atomic E-state index is 0.439. The van der Waals surface area contributed by atoms with E-state index in [2.05, 4.69) is 0 Å². The maximum absolute atomic E-state index is 14.0. The van der Waals surface area contributed by atoms with Crippen LogP contribution in [0.3, 0.4) is 0 Å². The van der Waals surface area contributed by atoms with Crippen LogP contribution in [0.1, 0.15) is 23.4 Å². The molecule has 1 aliphatic rings. The Morgan fingerprint density at radius 3 is 2.40 bits per heavy atom. The molecule has 0 saturated heterocycles. The summed E-state index contributed by atoms with van der Waals surface area (Å²) < 4.78 is 19.3. The molecule has 0 bridgehead atoms. The molecule has 0 fully saturated rings. The molecule has 2 aromatic rings. The van der Waals surface area contributed by atoms with E-state index in [0.29, 0.717) is 0 Å². The van der Waals surface area contributed by atoms with Crippen molar-refractivity contribution in [2.24, 2.45) is 0 Å². The molecule has 2 aromatic carbocycles. The maximum atomic E-state index is 14.0. The topological polar surface area (TPSA) is 9.23 Å². The van der Waals surface area contributed by atoms with Crippen molar-refractivity contribution < 1.29 is 9.13 Å². The molecule has 0 aliphatic heterocycles. The second-order valence-electron chi connectivity index (χ2n) is 3.85. The number of ether oxygens (including phenoxy) is 1. The van der Waals surface area contributed by atoms with E-state index in [1.54, 1.807) is 7.11 Å². The number of hydrogen-bond donors (Lipinski definition) is 0. The first kappa shape index (κ1) is 8.86. The Morgan fingerprint density at radius 1 is 1.07 bits per heavy atom. The maximum Gasteiger partial charge on any atom is 0.156 e. The number of hydrogen-bond acceptors (Lipinski definition) is 1. The Kier molecular flexibility index (Phi) is 1.80. The van der Waals surface area contributed by atoms with Crippen LogP contribution < -0.4 is 0 Å². The monoisotopic (exact) mass is 202 g/mol. The number of rotatable bonds is 1. The molecule has 0 aromatic heterocycles. The summed E-state index contributed by atoms with van der Waals surface area (Å²) in [4.78, 5) is 0. The minimum atomic E-state index is -1.03. The van der Waals surface area contributed by atoms with Crippen molar-refractivity contribution in [1.29, 1.82) is 0 Å². The molecule has 0 unspecified atom stereocenters. The van der Waals surface area contributed by atoms with Crippen molar-refractivity contribution in [3.8, 4) is 0 Å². The van der Waals surface area contributed by atoms with Crippen LogP contribution in [0.5, 0.6) is 0 Å². The molecule has 1 nitrogen and oxygen atoms in total. The van der Waals surface area contributed by atoms with Crippen molar-refractivity contribution in [3.63, 3.8) is 0 Å². The van der Waals surface area contributed by atoms with E-state index in [0.717, 1.165) is 21.9 Å². The molecule has 3 rings (SSSR count). The van der Waals surface area contributed by atoms with Crippen LogP contribution in [0.2, 0.25) is 0 Å². The van der Waals surface area contributed by atoms with E-state index < -0.39 is 12.3 Å². The highest BCUT2D eigenvalue weighted by Crippen LogP contribution is 2.47. The molecule has 0 saturated carbocycles. The Labute approximate surface area is 87.5 Å². The van der Waals surface area contributed by atoms with Crippen LogP contribution in [0, 0.1) is 0 Å². The van der Waals surface area contributed by atoms with Crippen LogP contribution in [-0.2, 0) is 4.74 Å². The summed E-state index contributed by atoms with van der Waals surface area (Å²) in [5.74, 6) is 0. The third-order valence-electron chi connectivity index (χ3n) is 3.09. The third-order valence-corrected chi connectivity index (χ3v) is 3.09. The van der Waals surface area contributed by atoms with Crippen LogP contribution >= 0.6 is 0 Å². The van der Waals surface area contributed by atoms with E-state index in [1.165, 1.54) is 0 Å². The fourth-order valence-electron chi connectivity index (χ4n) is 2.43. The van der Waals surface area contributed by atoms with Crippen LogP contribution in [-0.4, -0.2) is 7.11 Å². The SMILES string of the molecule is CO[C@H]1c2cccc3cccc(c23)[C@H]1F. The van der Waals surface area contributed by atoms with Gasteiger partial charge in [-0.1, -0.05) is 36.4 Å². The average molecular weight is 202 g/mol. The molecule has 2 heteroatoms. The summed E-state index contributed by atoms with van der Waals surface area (Å²) in [5, 5.41) is 2.12. The zero-order valence-electron chi connectivity index (χ0n) is 8.41. The lowest BCUT2D eigenvalue weighted by Gasteiger charge is -2.12. The predicted octanol–water partition coefficient (Wildman–Crippen LogP) is 3.55. The van der Waals surface area contributed by atoms with Gasteiger partial charge in [-0.25, -0.2) is 4.39 Å². The smallest absolute Gasteiger partial charge is 0.156 e. The Balaban J connectivity index is 2.40. The van der Waals surface area contributed by atoms with Gasteiger partial charge in [0.2, 0.25) is 0 Å². The lowest BCUT2D eigenvalue weighted by atomic mass is 10.1. The van der Waals surface area contributed by atoms with Gasteiger partial charge in [0.25, 0.3) is 0 Å². The van der Waals surface area contributed by atoms with Crippen LogP contribution in [0.25, 0.3) is 10.8 Å². The molecule has 1 aliphatic carbocycles. The van der Waals surface area contributed by atoms with Crippen LogP contribution in [0.4, 0.5) is 4.39 Å². The van der Waals surface area contributed by atoms with Crippen molar-refractivity contribution in [3.05, 3.63) is 47.5 Å². The molecule has 0 N–H and O–H groups in total. The number of halogens is 1. The zero-order chi connectivity index (χ0) is 10.4. The molecule has 0 radical (unpaired) electrons. The fraction of sp³-hybridized carbons (Fsp3) is 0.231. The average Bonchev–Trinajstić information content (AvgIpc) is 2.55. The van der Waals surface area contributed by atoms with Gasteiger partial charge in [0.05, 0.1) is 0 Å². The standard InChI is InChI=1S/C13H11FO/c1-15-13-10-7-3-5-8-4-2-6-9(11(8)10)12(13)14/h2-7,12-13H,1H3/t12-,13+/m1/s1. The Morgan fingerprint density at radius 2 is 1.73 bits per heavy atom. The quantitative estimate of drug-likeness (QED) is 0.687. The molecule has 15 heavy (non-hydrogen) atoms. The summed E-state index contributed by atoms with van der Waals surface area (Å²) in [6.07, 6.45) is -1.47. The van der Waals surface area contributed by atoms with E-state index in [4.69, 9.17) is 4.74 Å². The molecule has 76 valence electrons. The minimum Gasteiger partial charge on any atom is -0.373 e. The van der Waals surface area contributed by atoms with Gasteiger partial charge in [-0.2, -0.15) is 0 Å². The van der Waals surface area contributed by atoms with Gasteiger partial charge < -0.3 is 4.74 Å². The van der Waals surface area contributed by atoms with Gasteiger partial charge in [-0.05, 0) is 21.9 Å². The second-order valence-corrected chi connectivity index (χ2v) is 3.85. The highest BCUT2D eigenvalue weighted by Gasteiger charge is 2.34. The Bertz CT molecular complexity index is 516. The second kappa shape index (κ2) is 3.04. The summed E-state index contributed by atoms with van der Waals surface area (Å²) in [5.41, 5.74) is 1.73. The molecular formula is C13H11FO. The first-order valence-corrected chi connectivity index (χ1v) is 5.01. The molecule has 0 spiro atoms. The van der Waals surface area contributed by atoms with E-state index in [9.17, 15) is 4.39 Å². The lowest BCUT2D eigenvalue weighted by Crippen LogP contribution is -2.02. The molecular weight excluding hydrogens is 191 g/mol.